The van der Waals surface area contributed by atoms with Crippen molar-refractivity contribution in [2.24, 2.45) is 0 Å². The molecule has 2 aliphatic rings. The first-order chi connectivity index (χ1) is 20.0. The standard InChI is InChI=1S/C31H40N4O7/c1-5-40-30(39)42-35-17-15-34(16-18-35)29(38)24(13-14-27(36)41-31(2,3)4)33-28(37)26-20-23(21-11-12-21)19-25(32-26)22-9-7-6-8-10-22/h6-10,19-21,24H,5,11-18H2,1-4H3,(H,33,37)/t24-/m0/s1. The van der Waals surface area contributed by atoms with Crippen molar-refractivity contribution in [2.45, 2.75) is 70.9 Å². The third-order valence-electron chi connectivity index (χ3n) is 6.88. The van der Waals surface area contributed by atoms with E-state index in [9.17, 15) is 19.2 Å². The molecule has 1 aliphatic heterocycles. The second kappa shape index (κ2) is 13.8. The first-order valence-electron chi connectivity index (χ1n) is 14.5. The van der Waals surface area contributed by atoms with E-state index in [0.717, 1.165) is 24.0 Å². The van der Waals surface area contributed by atoms with Gasteiger partial charge in [-0.05, 0) is 70.6 Å². The Balaban J connectivity index is 1.49. The minimum atomic E-state index is -0.978. The third-order valence-corrected chi connectivity index (χ3v) is 6.88. The first kappa shape index (κ1) is 31.0. The Hall–Kier alpha value is -3.99. The summed E-state index contributed by atoms with van der Waals surface area (Å²) in [7, 11) is 0. The van der Waals surface area contributed by atoms with Gasteiger partial charge in [-0.15, -0.1) is 5.06 Å². The number of nitrogens with one attached hydrogen (secondary N) is 1. The number of piperazine rings is 1. The van der Waals surface area contributed by atoms with Gasteiger partial charge in [0.05, 0.1) is 25.4 Å². The number of pyridine rings is 1. The fraction of sp³-hybridized carbons (Fsp3) is 0.516. The minimum Gasteiger partial charge on any atom is -0.460 e. The van der Waals surface area contributed by atoms with Crippen molar-refractivity contribution in [3.05, 3.63) is 53.7 Å². The van der Waals surface area contributed by atoms with Gasteiger partial charge in [0.1, 0.15) is 17.3 Å². The van der Waals surface area contributed by atoms with Crippen LogP contribution in [0.4, 0.5) is 4.79 Å². The van der Waals surface area contributed by atoms with Gasteiger partial charge in [-0.1, -0.05) is 30.3 Å². The van der Waals surface area contributed by atoms with Gasteiger partial charge in [0.2, 0.25) is 5.91 Å². The number of benzene rings is 1. The average Bonchev–Trinajstić information content (AvgIpc) is 3.80. The maximum Gasteiger partial charge on any atom is 0.527 e. The molecule has 0 radical (unpaired) electrons. The summed E-state index contributed by atoms with van der Waals surface area (Å²) >= 11 is 0. The zero-order valence-corrected chi connectivity index (χ0v) is 24.8. The van der Waals surface area contributed by atoms with E-state index in [1.807, 2.05) is 36.4 Å². The van der Waals surface area contributed by atoms with Crippen molar-refractivity contribution in [3.8, 4) is 11.3 Å². The van der Waals surface area contributed by atoms with E-state index in [-0.39, 0.29) is 57.2 Å². The molecule has 0 bridgehead atoms. The van der Waals surface area contributed by atoms with Crippen LogP contribution in [0.5, 0.6) is 0 Å². The van der Waals surface area contributed by atoms with E-state index >= 15 is 0 Å². The zero-order valence-electron chi connectivity index (χ0n) is 24.8. The fourth-order valence-electron chi connectivity index (χ4n) is 4.69. The lowest BCUT2D eigenvalue weighted by molar-refractivity contribution is -0.158. The van der Waals surface area contributed by atoms with E-state index in [1.165, 1.54) is 5.06 Å². The molecule has 1 atom stereocenters. The lowest BCUT2D eigenvalue weighted by atomic mass is 10.0. The Morgan fingerprint density at radius 2 is 1.71 bits per heavy atom. The van der Waals surface area contributed by atoms with E-state index in [2.05, 4.69) is 10.3 Å². The number of carbonyl (C=O) groups excluding carboxylic acids is 4. The molecule has 226 valence electrons. The zero-order chi connectivity index (χ0) is 30.3. The number of hydrogen-bond acceptors (Lipinski definition) is 9. The maximum absolute atomic E-state index is 13.7. The second-order valence-electron chi connectivity index (χ2n) is 11.5. The Morgan fingerprint density at radius 3 is 2.33 bits per heavy atom. The quantitative estimate of drug-likeness (QED) is 0.414. The molecule has 2 heterocycles. The molecule has 0 unspecified atom stereocenters. The van der Waals surface area contributed by atoms with Crippen molar-refractivity contribution in [1.82, 2.24) is 20.3 Å². The molecule has 0 spiro atoms. The van der Waals surface area contributed by atoms with Gasteiger partial charge >= 0.3 is 12.1 Å². The molecule has 1 N–H and O–H groups in total. The van der Waals surface area contributed by atoms with Crippen LogP contribution >= 0.6 is 0 Å². The molecular weight excluding hydrogens is 540 g/mol. The molecule has 4 rings (SSSR count). The van der Waals surface area contributed by atoms with Crippen molar-refractivity contribution >= 4 is 23.9 Å². The van der Waals surface area contributed by atoms with Gasteiger partial charge in [0.15, 0.2) is 0 Å². The first-order valence-corrected chi connectivity index (χ1v) is 14.5. The fourth-order valence-corrected chi connectivity index (χ4v) is 4.69. The lowest BCUT2D eigenvalue weighted by Crippen LogP contribution is -2.55. The van der Waals surface area contributed by atoms with Crippen LogP contribution in [-0.2, 0) is 23.9 Å². The highest BCUT2D eigenvalue weighted by Gasteiger charge is 2.32. The Morgan fingerprint density at radius 1 is 1.02 bits per heavy atom. The predicted octanol–water partition coefficient (Wildman–Crippen LogP) is 4.08. The Kier molecular flexibility index (Phi) is 10.2. The number of nitrogens with zero attached hydrogens (tertiary/aromatic N) is 3. The summed E-state index contributed by atoms with van der Waals surface area (Å²) in [6.07, 6.45) is 1.33. The number of aromatic nitrogens is 1. The highest BCUT2D eigenvalue weighted by molar-refractivity contribution is 5.97. The summed E-state index contributed by atoms with van der Waals surface area (Å²) in [5.41, 5.74) is 2.19. The number of carbonyl (C=O) groups is 4. The summed E-state index contributed by atoms with van der Waals surface area (Å²) in [4.78, 5) is 62.8. The van der Waals surface area contributed by atoms with Gasteiger partial charge in [-0.3, -0.25) is 14.4 Å². The van der Waals surface area contributed by atoms with E-state index in [1.54, 1.807) is 38.7 Å². The topological polar surface area (TPSA) is 127 Å². The van der Waals surface area contributed by atoms with Crippen molar-refractivity contribution in [1.29, 1.82) is 0 Å². The summed E-state index contributed by atoms with van der Waals surface area (Å²) in [5, 5.41) is 4.29. The van der Waals surface area contributed by atoms with Gasteiger partial charge in [-0.2, -0.15) is 0 Å². The number of amides is 2. The van der Waals surface area contributed by atoms with Crippen molar-refractivity contribution in [2.75, 3.05) is 32.8 Å². The minimum absolute atomic E-state index is 0.0509. The van der Waals surface area contributed by atoms with E-state index in [0.29, 0.717) is 11.6 Å². The smallest absolute Gasteiger partial charge is 0.460 e. The van der Waals surface area contributed by atoms with Gasteiger partial charge < -0.3 is 24.5 Å². The normalized spacial score (nSPS) is 16.3. The van der Waals surface area contributed by atoms with Gasteiger partial charge in [0, 0.05) is 25.1 Å². The van der Waals surface area contributed by atoms with E-state index < -0.39 is 29.7 Å². The summed E-state index contributed by atoms with van der Waals surface area (Å²) in [6, 6.07) is 12.5. The molecule has 1 aliphatic carbocycles. The molecule has 2 aromatic rings. The van der Waals surface area contributed by atoms with Crippen LogP contribution in [0.3, 0.4) is 0 Å². The third kappa shape index (κ3) is 9.01. The molecule has 42 heavy (non-hydrogen) atoms. The van der Waals surface area contributed by atoms with Crippen LogP contribution in [0.1, 0.15) is 75.3 Å². The van der Waals surface area contributed by atoms with Crippen LogP contribution in [0.15, 0.2) is 42.5 Å². The molecular formula is C31H40N4O7. The number of rotatable bonds is 10. The van der Waals surface area contributed by atoms with Crippen LogP contribution in [-0.4, -0.2) is 83.3 Å². The second-order valence-corrected chi connectivity index (χ2v) is 11.5. The Bertz CT molecular complexity index is 1270. The molecule has 2 amide bonds. The predicted molar refractivity (Wildman–Crippen MR) is 154 cm³/mol. The molecule has 11 heteroatoms. The largest absolute Gasteiger partial charge is 0.527 e. The summed E-state index contributed by atoms with van der Waals surface area (Å²) < 4.78 is 10.2. The van der Waals surface area contributed by atoms with Crippen LogP contribution in [0.25, 0.3) is 11.3 Å². The summed E-state index contributed by atoms with van der Waals surface area (Å²) in [6.45, 7) is 8.30. The molecule has 1 saturated carbocycles. The van der Waals surface area contributed by atoms with Gasteiger partial charge in [0.25, 0.3) is 5.91 Å². The van der Waals surface area contributed by atoms with Crippen molar-refractivity contribution < 1.29 is 33.5 Å². The maximum atomic E-state index is 13.7. The molecule has 1 aromatic heterocycles. The molecule has 2 fully saturated rings. The Labute approximate surface area is 246 Å². The molecule has 1 saturated heterocycles. The van der Waals surface area contributed by atoms with E-state index in [4.69, 9.17) is 14.3 Å². The lowest BCUT2D eigenvalue weighted by Gasteiger charge is -2.35. The SMILES string of the molecule is CCOC(=O)ON1CCN(C(=O)[C@H](CCC(=O)OC(C)(C)C)NC(=O)c2cc(C3CC3)cc(-c3ccccc3)n2)CC1. The highest BCUT2D eigenvalue weighted by Crippen LogP contribution is 2.41. The highest BCUT2D eigenvalue weighted by atomic mass is 16.8. The van der Waals surface area contributed by atoms with Crippen LogP contribution in [0, 0.1) is 0 Å². The number of hydroxylamine groups is 2. The van der Waals surface area contributed by atoms with Crippen LogP contribution < -0.4 is 5.32 Å². The average molecular weight is 581 g/mol. The number of ether oxygens (including phenoxy) is 2. The van der Waals surface area contributed by atoms with Crippen molar-refractivity contribution in [3.63, 3.8) is 0 Å². The monoisotopic (exact) mass is 580 g/mol. The van der Waals surface area contributed by atoms with Crippen LogP contribution in [0.2, 0.25) is 0 Å². The summed E-state index contributed by atoms with van der Waals surface area (Å²) in [5.74, 6) is -0.881. The number of esters is 1. The van der Waals surface area contributed by atoms with Gasteiger partial charge in [-0.25, -0.2) is 9.78 Å². The molecule has 11 nitrogen and oxygen atoms in total. The molecule has 1 aromatic carbocycles. The number of hydrogen-bond donors (Lipinski definition) is 1.